The van der Waals surface area contributed by atoms with E-state index in [1.807, 2.05) is 0 Å². The molecule has 0 aromatic carbocycles. The molecule has 0 aliphatic carbocycles. The molecule has 2 unspecified atom stereocenters. The standard InChI is InChI=1S/C15H29BrI2/c1-2-3-4-5-6-7-8-9-10-14(16)13-15(18)11-12-17/h14-15H,2-13H2,1H3. The van der Waals surface area contributed by atoms with Gasteiger partial charge in [0.2, 0.25) is 0 Å². The number of hydrogen-bond donors (Lipinski definition) is 0. The lowest BCUT2D eigenvalue weighted by Crippen LogP contribution is -2.08. The van der Waals surface area contributed by atoms with E-state index < -0.39 is 0 Å². The molecular weight excluding hydrogens is 514 g/mol. The van der Waals surface area contributed by atoms with Gasteiger partial charge in [0, 0.05) is 13.2 Å². The molecule has 0 amide bonds. The Hall–Kier alpha value is 1.94. The SMILES string of the molecule is CCCCCCCCCCC(Br)CC(I)CCI. The minimum atomic E-state index is 0.752. The van der Waals surface area contributed by atoms with Gasteiger partial charge in [0.1, 0.15) is 0 Å². The van der Waals surface area contributed by atoms with Crippen molar-refractivity contribution in [1.29, 1.82) is 0 Å². The van der Waals surface area contributed by atoms with Crippen LogP contribution in [-0.2, 0) is 0 Å². The van der Waals surface area contributed by atoms with E-state index in [1.54, 1.807) is 0 Å². The first-order valence-electron chi connectivity index (χ1n) is 7.54. The normalized spacial score (nSPS) is 14.7. The Labute approximate surface area is 150 Å². The Morgan fingerprint density at radius 3 is 2.00 bits per heavy atom. The maximum absolute atomic E-state index is 3.84. The molecule has 0 aromatic heterocycles. The third-order valence-corrected chi connectivity index (χ3v) is 5.89. The second-order valence-corrected chi connectivity index (χ2v) is 9.31. The maximum atomic E-state index is 3.84. The highest BCUT2D eigenvalue weighted by Crippen LogP contribution is 2.23. The molecule has 110 valence electrons. The molecule has 3 heteroatoms. The van der Waals surface area contributed by atoms with Crippen LogP contribution >= 0.6 is 61.1 Å². The van der Waals surface area contributed by atoms with Crippen LogP contribution in [0.25, 0.3) is 0 Å². The number of unbranched alkanes of at least 4 members (excludes halogenated alkanes) is 7. The summed E-state index contributed by atoms with van der Waals surface area (Å²) < 4.78 is 2.15. The number of halogens is 3. The van der Waals surface area contributed by atoms with Crippen molar-refractivity contribution in [1.82, 2.24) is 0 Å². The summed E-state index contributed by atoms with van der Waals surface area (Å²) in [6.07, 6.45) is 15.5. The van der Waals surface area contributed by atoms with Gasteiger partial charge in [-0.05, 0) is 19.3 Å². The van der Waals surface area contributed by atoms with E-state index >= 15 is 0 Å². The van der Waals surface area contributed by atoms with E-state index in [0.29, 0.717) is 0 Å². The molecular formula is C15H29BrI2. The summed E-state index contributed by atoms with van der Waals surface area (Å²) in [6.45, 7) is 2.29. The van der Waals surface area contributed by atoms with Gasteiger partial charge in [-0.2, -0.15) is 0 Å². The van der Waals surface area contributed by atoms with Crippen molar-refractivity contribution < 1.29 is 0 Å². The number of alkyl halides is 3. The zero-order chi connectivity index (χ0) is 13.6. The average molecular weight is 543 g/mol. The zero-order valence-electron chi connectivity index (χ0n) is 11.8. The van der Waals surface area contributed by atoms with Crippen molar-refractivity contribution in [2.24, 2.45) is 0 Å². The van der Waals surface area contributed by atoms with E-state index in [2.05, 4.69) is 68.0 Å². The molecule has 0 aliphatic rings. The average Bonchev–Trinajstić information content (AvgIpc) is 2.32. The van der Waals surface area contributed by atoms with Crippen LogP contribution < -0.4 is 0 Å². The first-order chi connectivity index (χ1) is 8.70. The molecule has 0 rings (SSSR count). The fourth-order valence-electron chi connectivity index (χ4n) is 2.13. The molecule has 0 N–H and O–H groups in total. The van der Waals surface area contributed by atoms with Gasteiger partial charge in [0.25, 0.3) is 0 Å². The summed E-state index contributed by atoms with van der Waals surface area (Å²) in [6, 6.07) is 0. The largest absolute Gasteiger partial charge is 0.0890 e. The number of hydrogen-bond acceptors (Lipinski definition) is 0. The quantitative estimate of drug-likeness (QED) is 0.130. The summed E-state index contributed by atoms with van der Waals surface area (Å²) in [7, 11) is 0. The number of rotatable bonds is 13. The van der Waals surface area contributed by atoms with Gasteiger partial charge in [-0.3, -0.25) is 0 Å². The van der Waals surface area contributed by atoms with Crippen LogP contribution in [-0.4, -0.2) is 13.2 Å². The molecule has 0 heterocycles. The maximum Gasteiger partial charge on any atom is 0.0155 e. The second kappa shape index (κ2) is 15.3. The molecule has 2 atom stereocenters. The molecule has 0 aromatic rings. The predicted octanol–water partition coefficient (Wildman–Crippen LogP) is 7.30. The summed E-state index contributed by atoms with van der Waals surface area (Å²) in [4.78, 5) is 0.752. The summed E-state index contributed by atoms with van der Waals surface area (Å²) in [5.41, 5.74) is 0. The van der Waals surface area contributed by atoms with Crippen molar-refractivity contribution in [3.63, 3.8) is 0 Å². The first kappa shape index (κ1) is 19.9. The van der Waals surface area contributed by atoms with Crippen LogP contribution in [0.2, 0.25) is 0 Å². The van der Waals surface area contributed by atoms with E-state index in [9.17, 15) is 0 Å². The lowest BCUT2D eigenvalue weighted by Gasteiger charge is -2.13. The molecule has 0 nitrogen and oxygen atoms in total. The van der Waals surface area contributed by atoms with Crippen molar-refractivity contribution in [3.05, 3.63) is 0 Å². The van der Waals surface area contributed by atoms with Gasteiger partial charge in [0.15, 0.2) is 0 Å². The van der Waals surface area contributed by atoms with E-state index in [1.165, 1.54) is 75.1 Å². The Bertz CT molecular complexity index is 165. The van der Waals surface area contributed by atoms with Crippen LogP contribution in [0.3, 0.4) is 0 Å². The van der Waals surface area contributed by atoms with Gasteiger partial charge in [-0.25, -0.2) is 0 Å². The van der Waals surface area contributed by atoms with E-state index in [0.717, 1.165) is 8.75 Å². The Morgan fingerprint density at radius 1 is 0.889 bits per heavy atom. The first-order valence-corrected chi connectivity index (χ1v) is 11.2. The Morgan fingerprint density at radius 2 is 1.44 bits per heavy atom. The zero-order valence-corrected chi connectivity index (χ0v) is 17.7. The lowest BCUT2D eigenvalue weighted by atomic mass is 10.0. The highest BCUT2D eigenvalue weighted by atomic mass is 127. The second-order valence-electron chi connectivity index (χ2n) is 5.17. The molecule has 0 saturated carbocycles. The van der Waals surface area contributed by atoms with Crippen LogP contribution in [0, 0.1) is 0 Å². The Kier molecular flexibility index (Phi) is 17.0. The fraction of sp³-hybridized carbons (Fsp3) is 1.00. The van der Waals surface area contributed by atoms with Crippen molar-refractivity contribution >= 4 is 61.1 Å². The lowest BCUT2D eigenvalue weighted by molar-refractivity contribution is 0.554. The minimum Gasteiger partial charge on any atom is -0.0890 e. The van der Waals surface area contributed by atoms with Gasteiger partial charge in [-0.1, -0.05) is 119 Å². The molecule has 0 aliphatic heterocycles. The van der Waals surface area contributed by atoms with Crippen LogP contribution in [0.15, 0.2) is 0 Å². The van der Waals surface area contributed by atoms with Crippen LogP contribution in [0.5, 0.6) is 0 Å². The highest BCUT2D eigenvalue weighted by molar-refractivity contribution is 14.1. The molecule has 0 bridgehead atoms. The fourth-order valence-corrected chi connectivity index (χ4v) is 6.47. The van der Waals surface area contributed by atoms with E-state index in [-0.39, 0.29) is 0 Å². The summed E-state index contributed by atoms with van der Waals surface area (Å²) in [5.74, 6) is 0. The van der Waals surface area contributed by atoms with Crippen molar-refractivity contribution in [2.45, 2.75) is 86.3 Å². The predicted molar refractivity (Wildman–Crippen MR) is 106 cm³/mol. The molecule has 0 saturated heterocycles. The molecule has 0 radical (unpaired) electrons. The topological polar surface area (TPSA) is 0 Å². The molecule has 0 spiro atoms. The van der Waals surface area contributed by atoms with Gasteiger partial charge >= 0.3 is 0 Å². The monoisotopic (exact) mass is 542 g/mol. The van der Waals surface area contributed by atoms with Crippen molar-refractivity contribution in [3.8, 4) is 0 Å². The van der Waals surface area contributed by atoms with Crippen molar-refractivity contribution in [2.75, 3.05) is 4.43 Å². The van der Waals surface area contributed by atoms with Gasteiger partial charge in [-0.15, -0.1) is 0 Å². The molecule has 0 fully saturated rings. The van der Waals surface area contributed by atoms with E-state index in [4.69, 9.17) is 0 Å². The Balaban J connectivity index is 3.22. The smallest absolute Gasteiger partial charge is 0.0155 e. The third-order valence-electron chi connectivity index (χ3n) is 3.30. The minimum absolute atomic E-state index is 0.752. The highest BCUT2D eigenvalue weighted by Gasteiger charge is 2.10. The third kappa shape index (κ3) is 14.4. The van der Waals surface area contributed by atoms with Crippen LogP contribution in [0.4, 0.5) is 0 Å². The molecule has 18 heavy (non-hydrogen) atoms. The van der Waals surface area contributed by atoms with Gasteiger partial charge < -0.3 is 0 Å². The summed E-state index contributed by atoms with van der Waals surface area (Å²) in [5, 5.41) is 0. The summed E-state index contributed by atoms with van der Waals surface area (Å²) >= 11 is 8.94. The van der Waals surface area contributed by atoms with Gasteiger partial charge in [0.05, 0.1) is 0 Å². The van der Waals surface area contributed by atoms with Crippen LogP contribution in [0.1, 0.15) is 77.6 Å².